The number of aromatic nitrogens is 1. The summed E-state index contributed by atoms with van der Waals surface area (Å²) in [5.41, 5.74) is 0.931. The zero-order chi connectivity index (χ0) is 12.4. The van der Waals surface area contributed by atoms with Crippen molar-refractivity contribution in [2.75, 3.05) is 0 Å². The summed E-state index contributed by atoms with van der Waals surface area (Å²) in [6.45, 7) is 4.10. The summed E-state index contributed by atoms with van der Waals surface area (Å²) >= 11 is 0. The van der Waals surface area contributed by atoms with E-state index in [9.17, 15) is 9.90 Å². The third-order valence-electron chi connectivity index (χ3n) is 3.33. The molecule has 4 heteroatoms. The van der Waals surface area contributed by atoms with Gasteiger partial charge in [-0.15, -0.1) is 0 Å². The molecule has 1 aliphatic rings. The van der Waals surface area contributed by atoms with Crippen molar-refractivity contribution in [1.82, 2.24) is 5.16 Å². The summed E-state index contributed by atoms with van der Waals surface area (Å²) in [6.07, 6.45) is 5.03. The van der Waals surface area contributed by atoms with Gasteiger partial charge in [-0.1, -0.05) is 31.8 Å². The highest BCUT2D eigenvalue weighted by Gasteiger charge is 2.30. The number of hydrogen-bond acceptors (Lipinski definition) is 3. The second kappa shape index (κ2) is 4.90. The van der Waals surface area contributed by atoms with E-state index in [0.29, 0.717) is 29.4 Å². The van der Waals surface area contributed by atoms with Crippen LogP contribution in [-0.2, 0) is 6.42 Å². The van der Waals surface area contributed by atoms with E-state index < -0.39 is 5.97 Å². The highest BCUT2D eigenvalue weighted by molar-refractivity contribution is 5.90. The number of rotatable bonds is 4. The van der Waals surface area contributed by atoms with Gasteiger partial charge in [0.25, 0.3) is 0 Å². The Morgan fingerprint density at radius 3 is 2.65 bits per heavy atom. The summed E-state index contributed by atoms with van der Waals surface area (Å²) in [7, 11) is 0. The minimum atomic E-state index is -0.899. The topological polar surface area (TPSA) is 63.3 Å². The van der Waals surface area contributed by atoms with E-state index in [1.165, 1.54) is 0 Å². The first-order valence-corrected chi connectivity index (χ1v) is 6.31. The van der Waals surface area contributed by atoms with Gasteiger partial charge in [0.05, 0.1) is 5.69 Å². The van der Waals surface area contributed by atoms with Gasteiger partial charge < -0.3 is 9.63 Å². The van der Waals surface area contributed by atoms with E-state index in [1.54, 1.807) is 0 Å². The number of carbonyl (C=O) groups is 1. The summed E-state index contributed by atoms with van der Waals surface area (Å²) in [6, 6.07) is 0. The fourth-order valence-corrected chi connectivity index (χ4v) is 2.56. The van der Waals surface area contributed by atoms with Crippen molar-refractivity contribution in [3.05, 3.63) is 17.0 Å². The average Bonchev–Trinajstić information content (AvgIpc) is 2.82. The first-order valence-electron chi connectivity index (χ1n) is 6.31. The number of carboxylic acids is 1. The smallest absolute Gasteiger partial charge is 0.341 e. The Hall–Kier alpha value is -1.32. The maximum atomic E-state index is 11.3. The molecule has 2 rings (SSSR count). The molecule has 1 N–H and O–H groups in total. The van der Waals surface area contributed by atoms with Crippen molar-refractivity contribution in [3.8, 4) is 0 Å². The van der Waals surface area contributed by atoms with E-state index in [2.05, 4.69) is 19.0 Å². The third-order valence-corrected chi connectivity index (χ3v) is 3.33. The van der Waals surface area contributed by atoms with Crippen molar-refractivity contribution in [2.24, 2.45) is 5.92 Å². The monoisotopic (exact) mass is 237 g/mol. The van der Waals surface area contributed by atoms with Crippen LogP contribution in [0.25, 0.3) is 0 Å². The minimum absolute atomic E-state index is 0.259. The molecule has 1 heterocycles. The molecule has 0 atom stereocenters. The molecule has 0 unspecified atom stereocenters. The van der Waals surface area contributed by atoms with Crippen molar-refractivity contribution in [3.63, 3.8) is 0 Å². The molecule has 0 aliphatic heterocycles. The van der Waals surface area contributed by atoms with Crippen LogP contribution >= 0.6 is 0 Å². The Morgan fingerprint density at radius 2 is 2.12 bits per heavy atom. The van der Waals surface area contributed by atoms with Crippen LogP contribution in [0, 0.1) is 5.92 Å². The molecule has 4 nitrogen and oxygen atoms in total. The Kier molecular flexibility index (Phi) is 3.50. The van der Waals surface area contributed by atoms with E-state index in [4.69, 9.17) is 4.52 Å². The first-order chi connectivity index (χ1) is 8.09. The SMILES string of the molecule is CC(C)Cc1noc(C2CCCC2)c1C(=O)O. The predicted octanol–water partition coefficient (Wildman–Crippen LogP) is 3.23. The minimum Gasteiger partial charge on any atom is -0.477 e. The third kappa shape index (κ3) is 2.51. The Balaban J connectivity index is 2.32. The van der Waals surface area contributed by atoms with Crippen LogP contribution in [-0.4, -0.2) is 16.2 Å². The zero-order valence-corrected chi connectivity index (χ0v) is 10.4. The Bertz CT molecular complexity index is 403. The molecule has 0 amide bonds. The lowest BCUT2D eigenvalue weighted by Gasteiger charge is -2.06. The molecule has 0 saturated heterocycles. The number of nitrogens with zero attached hydrogens (tertiary/aromatic N) is 1. The van der Waals surface area contributed by atoms with Gasteiger partial charge in [0.15, 0.2) is 5.76 Å². The first kappa shape index (κ1) is 12.1. The normalized spacial score (nSPS) is 16.9. The van der Waals surface area contributed by atoms with Gasteiger partial charge >= 0.3 is 5.97 Å². The van der Waals surface area contributed by atoms with Gasteiger partial charge in [0, 0.05) is 5.92 Å². The number of aromatic carboxylic acids is 1. The molecule has 17 heavy (non-hydrogen) atoms. The van der Waals surface area contributed by atoms with Crippen molar-refractivity contribution < 1.29 is 14.4 Å². The van der Waals surface area contributed by atoms with Crippen LogP contribution in [0.5, 0.6) is 0 Å². The lowest BCUT2D eigenvalue weighted by molar-refractivity contribution is 0.0692. The fourth-order valence-electron chi connectivity index (χ4n) is 2.56. The summed E-state index contributed by atoms with van der Waals surface area (Å²) < 4.78 is 5.31. The van der Waals surface area contributed by atoms with Crippen molar-refractivity contribution >= 4 is 5.97 Å². The van der Waals surface area contributed by atoms with Gasteiger partial charge in [-0.3, -0.25) is 0 Å². The molecule has 94 valence electrons. The summed E-state index contributed by atoms with van der Waals surface area (Å²) in [5, 5.41) is 13.3. The number of hydrogen-bond donors (Lipinski definition) is 1. The molecular formula is C13H19NO3. The molecule has 1 aromatic heterocycles. The highest BCUT2D eigenvalue weighted by atomic mass is 16.5. The molecule has 1 aromatic rings. The van der Waals surface area contributed by atoms with Gasteiger partial charge in [0.2, 0.25) is 0 Å². The van der Waals surface area contributed by atoms with Crippen LogP contribution in [0.2, 0.25) is 0 Å². The van der Waals surface area contributed by atoms with Crippen molar-refractivity contribution in [1.29, 1.82) is 0 Å². The Morgan fingerprint density at radius 1 is 1.47 bits per heavy atom. The predicted molar refractivity (Wildman–Crippen MR) is 63.2 cm³/mol. The zero-order valence-electron chi connectivity index (χ0n) is 10.4. The van der Waals surface area contributed by atoms with Gasteiger partial charge in [0.1, 0.15) is 5.56 Å². The lowest BCUT2D eigenvalue weighted by Crippen LogP contribution is -2.07. The van der Waals surface area contributed by atoms with E-state index in [1.807, 2.05) is 0 Å². The van der Waals surface area contributed by atoms with Gasteiger partial charge in [-0.2, -0.15) is 0 Å². The molecule has 0 bridgehead atoms. The van der Waals surface area contributed by atoms with E-state index in [-0.39, 0.29) is 5.92 Å². The lowest BCUT2D eigenvalue weighted by atomic mass is 9.97. The molecule has 0 aromatic carbocycles. The molecule has 0 spiro atoms. The molecule has 1 fully saturated rings. The van der Waals surface area contributed by atoms with Crippen LogP contribution in [0.4, 0.5) is 0 Å². The molecule has 0 radical (unpaired) electrons. The Labute approximate surface area is 101 Å². The second-order valence-corrected chi connectivity index (χ2v) is 5.25. The molecular weight excluding hydrogens is 218 g/mol. The number of carboxylic acid groups (broad SMARTS) is 1. The maximum absolute atomic E-state index is 11.3. The van der Waals surface area contributed by atoms with Gasteiger partial charge in [-0.05, 0) is 25.2 Å². The molecule has 1 aliphatic carbocycles. The van der Waals surface area contributed by atoms with Crippen LogP contribution in [0.15, 0.2) is 4.52 Å². The summed E-state index contributed by atoms with van der Waals surface area (Å²) in [4.78, 5) is 11.3. The fraction of sp³-hybridized carbons (Fsp3) is 0.692. The van der Waals surface area contributed by atoms with E-state index >= 15 is 0 Å². The standard InChI is InChI=1S/C13H19NO3/c1-8(2)7-10-11(13(15)16)12(17-14-10)9-5-3-4-6-9/h8-9H,3-7H2,1-2H3,(H,15,16). The molecule has 1 saturated carbocycles. The largest absolute Gasteiger partial charge is 0.477 e. The van der Waals surface area contributed by atoms with Crippen LogP contribution < -0.4 is 0 Å². The van der Waals surface area contributed by atoms with Crippen LogP contribution in [0.1, 0.15) is 67.3 Å². The van der Waals surface area contributed by atoms with Gasteiger partial charge in [-0.25, -0.2) is 4.79 Å². The average molecular weight is 237 g/mol. The van der Waals surface area contributed by atoms with Crippen molar-refractivity contribution in [2.45, 2.75) is 51.9 Å². The maximum Gasteiger partial charge on any atom is 0.341 e. The second-order valence-electron chi connectivity index (χ2n) is 5.25. The highest BCUT2D eigenvalue weighted by Crippen LogP contribution is 2.37. The summed E-state index contributed by atoms with van der Waals surface area (Å²) in [5.74, 6) is 0.346. The quantitative estimate of drug-likeness (QED) is 0.873. The van der Waals surface area contributed by atoms with E-state index in [0.717, 1.165) is 25.7 Å². The van der Waals surface area contributed by atoms with Crippen LogP contribution in [0.3, 0.4) is 0 Å².